The van der Waals surface area contributed by atoms with Crippen molar-refractivity contribution in [1.82, 2.24) is 0 Å². The lowest BCUT2D eigenvalue weighted by molar-refractivity contribution is -0.0620. The molecular formula is C14H16ClF3O. The first-order valence-electron chi connectivity index (χ1n) is 6.37. The predicted molar refractivity (Wildman–Crippen MR) is 68.0 cm³/mol. The summed E-state index contributed by atoms with van der Waals surface area (Å²) in [5, 5.41) is 10.3. The maximum Gasteiger partial charge on any atom is 0.248 e. The zero-order chi connectivity index (χ0) is 14.0. The first-order valence-corrected chi connectivity index (χ1v) is 6.75. The molecule has 1 atom stereocenters. The smallest absolute Gasteiger partial charge is 0.248 e. The molecule has 1 aromatic carbocycles. The summed E-state index contributed by atoms with van der Waals surface area (Å²) in [5.74, 6) is -3.26. The molecule has 1 nitrogen and oxygen atoms in total. The van der Waals surface area contributed by atoms with Crippen molar-refractivity contribution in [3.63, 3.8) is 0 Å². The lowest BCUT2D eigenvalue weighted by Gasteiger charge is -2.31. The first kappa shape index (κ1) is 14.7. The molecule has 0 heterocycles. The maximum atomic E-state index is 13.6. The Labute approximate surface area is 115 Å². The highest BCUT2D eigenvalue weighted by atomic mass is 35.5. The number of rotatable bonds is 3. The number of halogens is 4. The molecule has 1 aromatic rings. The Morgan fingerprint density at radius 3 is 2.53 bits per heavy atom. The molecule has 19 heavy (non-hydrogen) atoms. The first-order chi connectivity index (χ1) is 8.87. The highest BCUT2D eigenvalue weighted by Crippen LogP contribution is 2.38. The Morgan fingerprint density at radius 1 is 1.32 bits per heavy atom. The van der Waals surface area contributed by atoms with Gasteiger partial charge in [0, 0.05) is 24.3 Å². The molecule has 106 valence electrons. The molecule has 0 bridgehead atoms. The van der Waals surface area contributed by atoms with E-state index >= 15 is 0 Å². The Bertz CT molecular complexity index is 440. The number of aliphatic hydroxyl groups is 1. The summed E-state index contributed by atoms with van der Waals surface area (Å²) in [6, 6.07) is 4.28. The molecule has 5 heteroatoms. The van der Waals surface area contributed by atoms with E-state index in [1.807, 2.05) is 0 Å². The number of alkyl halides is 2. The molecule has 0 radical (unpaired) electrons. The molecule has 0 aromatic heterocycles. The normalized spacial score (nSPS) is 21.3. The van der Waals surface area contributed by atoms with Crippen molar-refractivity contribution in [2.45, 2.75) is 44.1 Å². The zero-order valence-corrected chi connectivity index (χ0v) is 11.1. The Hall–Kier alpha value is -0.740. The van der Waals surface area contributed by atoms with Crippen molar-refractivity contribution in [3.05, 3.63) is 34.6 Å². The molecule has 1 saturated carbocycles. The summed E-state index contributed by atoms with van der Waals surface area (Å²) in [6.45, 7) is 0. The van der Waals surface area contributed by atoms with Crippen LogP contribution in [0.2, 0.25) is 5.02 Å². The Balaban J connectivity index is 1.96. The lowest BCUT2D eigenvalue weighted by atomic mass is 9.81. The molecule has 1 unspecified atom stereocenters. The van der Waals surface area contributed by atoms with Crippen molar-refractivity contribution in [3.8, 4) is 0 Å². The zero-order valence-electron chi connectivity index (χ0n) is 10.4. The largest absolute Gasteiger partial charge is 0.392 e. The summed E-state index contributed by atoms with van der Waals surface area (Å²) in [6.07, 6.45) is -0.478. The third kappa shape index (κ3) is 3.86. The lowest BCUT2D eigenvalue weighted by Crippen LogP contribution is -2.32. The molecule has 0 aliphatic heterocycles. The quantitative estimate of drug-likeness (QED) is 0.885. The second-order valence-corrected chi connectivity index (χ2v) is 5.64. The van der Waals surface area contributed by atoms with Gasteiger partial charge < -0.3 is 5.11 Å². The fraction of sp³-hybridized carbons (Fsp3) is 0.571. The number of hydrogen-bond donors (Lipinski definition) is 1. The van der Waals surface area contributed by atoms with Gasteiger partial charge in [-0.2, -0.15) is 0 Å². The fourth-order valence-electron chi connectivity index (χ4n) is 2.53. The molecule has 0 amide bonds. The van der Waals surface area contributed by atoms with Gasteiger partial charge in [-0.1, -0.05) is 17.7 Å². The summed E-state index contributed by atoms with van der Waals surface area (Å²) in [7, 11) is 0. The monoisotopic (exact) mass is 292 g/mol. The van der Waals surface area contributed by atoms with Gasteiger partial charge in [0.05, 0.1) is 6.10 Å². The minimum Gasteiger partial charge on any atom is -0.392 e. The van der Waals surface area contributed by atoms with Crippen LogP contribution >= 0.6 is 11.6 Å². The summed E-state index contributed by atoms with van der Waals surface area (Å²) >= 11 is 5.65. The van der Waals surface area contributed by atoms with Gasteiger partial charge in [-0.3, -0.25) is 0 Å². The van der Waals surface area contributed by atoms with Gasteiger partial charge in [-0.25, -0.2) is 13.2 Å². The van der Waals surface area contributed by atoms with E-state index in [4.69, 9.17) is 11.6 Å². The third-order valence-electron chi connectivity index (χ3n) is 3.75. The van der Waals surface area contributed by atoms with Gasteiger partial charge in [0.25, 0.3) is 0 Å². The number of hydrogen-bond acceptors (Lipinski definition) is 1. The van der Waals surface area contributed by atoms with Gasteiger partial charge >= 0.3 is 0 Å². The summed E-state index contributed by atoms with van der Waals surface area (Å²) < 4.78 is 39.6. The van der Waals surface area contributed by atoms with Crippen molar-refractivity contribution in [2.75, 3.05) is 0 Å². The van der Waals surface area contributed by atoms with E-state index in [-0.39, 0.29) is 38.0 Å². The minimum atomic E-state index is -2.61. The van der Waals surface area contributed by atoms with Crippen LogP contribution in [0.15, 0.2) is 18.2 Å². The average Bonchev–Trinajstić information content (AvgIpc) is 2.32. The second kappa shape index (κ2) is 5.71. The average molecular weight is 293 g/mol. The van der Waals surface area contributed by atoms with Gasteiger partial charge in [0.2, 0.25) is 5.92 Å². The molecule has 1 N–H and O–H groups in total. The van der Waals surface area contributed by atoms with Crippen LogP contribution in [0.5, 0.6) is 0 Å². The molecule has 0 saturated heterocycles. The molecule has 1 aliphatic rings. The van der Waals surface area contributed by atoms with Crippen molar-refractivity contribution < 1.29 is 18.3 Å². The van der Waals surface area contributed by atoms with Crippen LogP contribution in [0.3, 0.4) is 0 Å². The van der Waals surface area contributed by atoms with E-state index in [1.165, 1.54) is 12.1 Å². The van der Waals surface area contributed by atoms with Crippen LogP contribution in [-0.4, -0.2) is 17.1 Å². The fourth-order valence-corrected chi connectivity index (χ4v) is 2.69. The standard InChI is InChI=1S/C14H16ClF3O/c15-11-2-1-10(12(16)8-11)7-13(19)9-3-5-14(17,18)6-4-9/h1-2,8-9,13,19H,3-7H2. The summed E-state index contributed by atoms with van der Waals surface area (Å²) in [5.41, 5.74) is 0.370. The van der Waals surface area contributed by atoms with Crippen molar-refractivity contribution in [2.24, 2.45) is 5.92 Å². The second-order valence-electron chi connectivity index (χ2n) is 5.20. The van der Waals surface area contributed by atoms with Crippen LogP contribution in [-0.2, 0) is 6.42 Å². The van der Waals surface area contributed by atoms with Crippen molar-refractivity contribution >= 4 is 11.6 Å². The Morgan fingerprint density at radius 2 is 1.95 bits per heavy atom. The van der Waals surface area contributed by atoms with Crippen LogP contribution in [0, 0.1) is 11.7 Å². The molecule has 1 fully saturated rings. The topological polar surface area (TPSA) is 20.2 Å². The van der Waals surface area contributed by atoms with Crippen LogP contribution < -0.4 is 0 Å². The van der Waals surface area contributed by atoms with E-state index in [1.54, 1.807) is 6.07 Å². The van der Waals surface area contributed by atoms with E-state index in [0.717, 1.165) is 0 Å². The highest BCUT2D eigenvalue weighted by molar-refractivity contribution is 6.30. The molecular weight excluding hydrogens is 277 g/mol. The van der Waals surface area contributed by atoms with E-state index in [9.17, 15) is 18.3 Å². The van der Waals surface area contributed by atoms with E-state index < -0.39 is 17.8 Å². The predicted octanol–water partition coefficient (Wildman–Crippen LogP) is 4.21. The maximum absolute atomic E-state index is 13.6. The minimum absolute atomic E-state index is 0.138. The number of aliphatic hydroxyl groups excluding tert-OH is 1. The number of benzene rings is 1. The summed E-state index contributed by atoms with van der Waals surface area (Å²) in [4.78, 5) is 0. The van der Waals surface area contributed by atoms with Crippen LogP contribution in [0.1, 0.15) is 31.2 Å². The van der Waals surface area contributed by atoms with Crippen molar-refractivity contribution in [1.29, 1.82) is 0 Å². The van der Waals surface area contributed by atoms with Crippen LogP contribution in [0.25, 0.3) is 0 Å². The van der Waals surface area contributed by atoms with Gasteiger partial charge in [0.15, 0.2) is 0 Å². The van der Waals surface area contributed by atoms with Crippen LogP contribution in [0.4, 0.5) is 13.2 Å². The molecule has 0 spiro atoms. The molecule has 2 rings (SSSR count). The van der Waals surface area contributed by atoms with E-state index in [0.29, 0.717) is 10.6 Å². The van der Waals surface area contributed by atoms with Gasteiger partial charge in [-0.15, -0.1) is 0 Å². The van der Waals surface area contributed by atoms with Gasteiger partial charge in [-0.05, 0) is 36.5 Å². The van der Waals surface area contributed by atoms with Gasteiger partial charge in [0.1, 0.15) is 5.82 Å². The van der Waals surface area contributed by atoms with E-state index in [2.05, 4.69) is 0 Å². The SMILES string of the molecule is OC(Cc1ccc(Cl)cc1F)C1CCC(F)(F)CC1. The highest BCUT2D eigenvalue weighted by Gasteiger charge is 2.37. The Kier molecular flexibility index (Phi) is 4.41. The molecule has 1 aliphatic carbocycles. The third-order valence-corrected chi connectivity index (χ3v) is 3.99.